The molecule has 1 saturated heterocycles. The van der Waals surface area contributed by atoms with E-state index in [1.165, 1.54) is 5.56 Å². The summed E-state index contributed by atoms with van der Waals surface area (Å²) in [5.74, 6) is -0.0889. The smallest absolute Gasteiger partial charge is 0.227 e. The molecule has 3 atom stereocenters. The molecule has 1 fully saturated rings. The highest BCUT2D eigenvalue weighted by Gasteiger charge is 2.34. The van der Waals surface area contributed by atoms with Crippen molar-refractivity contribution in [1.29, 1.82) is 0 Å². The van der Waals surface area contributed by atoms with E-state index in [0.717, 1.165) is 29.4 Å². The van der Waals surface area contributed by atoms with E-state index in [2.05, 4.69) is 28.1 Å². The summed E-state index contributed by atoms with van der Waals surface area (Å²) in [7, 11) is 0. The topological polar surface area (TPSA) is 46.3 Å². The fourth-order valence-electron chi connectivity index (χ4n) is 3.47. The van der Waals surface area contributed by atoms with E-state index in [-0.39, 0.29) is 36.3 Å². The number of carbonyl (C=O) groups excluding carboxylic acids is 1. The zero-order valence-electron chi connectivity index (χ0n) is 14.3. The van der Waals surface area contributed by atoms with Crippen molar-refractivity contribution in [2.75, 3.05) is 6.54 Å². The van der Waals surface area contributed by atoms with E-state index < -0.39 is 0 Å². The van der Waals surface area contributed by atoms with Crippen LogP contribution in [0.5, 0.6) is 0 Å². The second-order valence-corrected chi connectivity index (χ2v) is 7.39. The van der Waals surface area contributed by atoms with Crippen LogP contribution in [0.15, 0.2) is 59.1 Å². The van der Waals surface area contributed by atoms with Gasteiger partial charge in [-0.05, 0) is 36.1 Å². The van der Waals surface area contributed by atoms with Crippen LogP contribution in [0, 0.1) is 5.92 Å². The predicted molar refractivity (Wildman–Crippen MR) is 108 cm³/mol. The average molecular weight is 424 g/mol. The Morgan fingerprint density at radius 1 is 1.20 bits per heavy atom. The second-order valence-electron chi connectivity index (χ2n) is 6.47. The fraction of sp³-hybridized carbons (Fsp3) is 0.350. The number of nitrogens with two attached hydrogens (primary N) is 1. The summed E-state index contributed by atoms with van der Waals surface area (Å²) >= 11 is 3.53. The Bertz CT molecular complexity index is 710. The molecule has 1 aliphatic rings. The van der Waals surface area contributed by atoms with Crippen LogP contribution in [0.2, 0.25) is 0 Å². The first-order chi connectivity index (χ1) is 11.6. The number of hydrogen-bond donors (Lipinski definition) is 1. The molecule has 3 rings (SSSR count). The zero-order chi connectivity index (χ0) is 17.1. The molecule has 134 valence electrons. The van der Waals surface area contributed by atoms with Gasteiger partial charge in [-0.1, -0.05) is 65.3 Å². The maximum Gasteiger partial charge on any atom is 0.227 e. The molecule has 1 aliphatic heterocycles. The van der Waals surface area contributed by atoms with Gasteiger partial charge in [0.15, 0.2) is 0 Å². The minimum atomic E-state index is -0.276. The van der Waals surface area contributed by atoms with E-state index in [0.29, 0.717) is 0 Å². The highest BCUT2D eigenvalue weighted by Crippen LogP contribution is 2.35. The van der Waals surface area contributed by atoms with E-state index in [9.17, 15) is 4.79 Å². The van der Waals surface area contributed by atoms with Gasteiger partial charge in [0.25, 0.3) is 0 Å². The quantitative estimate of drug-likeness (QED) is 0.762. The Morgan fingerprint density at radius 2 is 1.92 bits per heavy atom. The van der Waals surface area contributed by atoms with Crippen molar-refractivity contribution < 1.29 is 4.79 Å². The normalized spacial score (nSPS) is 19.2. The van der Waals surface area contributed by atoms with E-state index in [1.54, 1.807) is 0 Å². The van der Waals surface area contributed by atoms with Crippen LogP contribution in [0.25, 0.3) is 0 Å². The molecule has 0 saturated carbocycles. The van der Waals surface area contributed by atoms with Crippen LogP contribution >= 0.6 is 28.3 Å². The molecule has 0 radical (unpaired) electrons. The van der Waals surface area contributed by atoms with E-state index in [4.69, 9.17) is 5.73 Å². The van der Waals surface area contributed by atoms with Crippen molar-refractivity contribution >= 4 is 34.2 Å². The molecule has 1 heterocycles. The first-order valence-electron chi connectivity index (χ1n) is 8.44. The van der Waals surface area contributed by atoms with Gasteiger partial charge in [0.1, 0.15) is 0 Å². The third kappa shape index (κ3) is 4.43. The number of amides is 1. The lowest BCUT2D eigenvalue weighted by atomic mass is 9.93. The Balaban J connectivity index is 0.00000225. The average Bonchev–Trinajstić information content (AvgIpc) is 3.10. The van der Waals surface area contributed by atoms with Crippen molar-refractivity contribution in [1.82, 2.24) is 4.90 Å². The molecule has 2 N–H and O–H groups in total. The van der Waals surface area contributed by atoms with E-state index in [1.807, 2.05) is 54.3 Å². The predicted octanol–water partition coefficient (Wildman–Crippen LogP) is 4.87. The van der Waals surface area contributed by atoms with Gasteiger partial charge >= 0.3 is 0 Å². The molecule has 2 aromatic carbocycles. The summed E-state index contributed by atoms with van der Waals surface area (Å²) in [4.78, 5) is 15.1. The standard InChI is InChI=1S/C20H23BrN2O.ClH/c1-14(19(22)15-7-3-2-4-8-15)20(24)23-12-6-11-18(23)16-9-5-10-17(21)13-16;/h2-5,7-10,13-14,18-19H,6,11-12,22H2,1H3;1H. The summed E-state index contributed by atoms with van der Waals surface area (Å²) < 4.78 is 1.05. The van der Waals surface area contributed by atoms with Crippen molar-refractivity contribution in [3.8, 4) is 0 Å². The summed E-state index contributed by atoms with van der Waals surface area (Å²) in [6, 6.07) is 18.0. The Labute approximate surface area is 164 Å². The lowest BCUT2D eigenvalue weighted by Gasteiger charge is -2.30. The van der Waals surface area contributed by atoms with Crippen molar-refractivity contribution in [3.63, 3.8) is 0 Å². The van der Waals surface area contributed by atoms with E-state index >= 15 is 0 Å². The molecule has 0 aromatic heterocycles. The van der Waals surface area contributed by atoms with Gasteiger partial charge in [-0.15, -0.1) is 12.4 Å². The number of carbonyl (C=O) groups is 1. The number of benzene rings is 2. The van der Waals surface area contributed by atoms with Gasteiger partial charge in [0, 0.05) is 17.1 Å². The van der Waals surface area contributed by atoms with Crippen LogP contribution in [-0.2, 0) is 4.79 Å². The summed E-state index contributed by atoms with van der Waals surface area (Å²) in [6.07, 6.45) is 2.05. The molecule has 0 spiro atoms. The van der Waals surface area contributed by atoms with Gasteiger partial charge < -0.3 is 10.6 Å². The second kappa shape index (κ2) is 8.84. The third-order valence-electron chi connectivity index (χ3n) is 4.88. The molecule has 3 nitrogen and oxygen atoms in total. The SMILES string of the molecule is CC(C(=O)N1CCCC1c1cccc(Br)c1)C(N)c1ccccc1.Cl. The first kappa shape index (κ1) is 20.0. The van der Waals surface area contributed by atoms with Gasteiger partial charge in [0.05, 0.1) is 12.0 Å². The van der Waals surface area contributed by atoms with Crippen LogP contribution in [0.3, 0.4) is 0 Å². The van der Waals surface area contributed by atoms with Crippen molar-refractivity contribution in [2.45, 2.75) is 31.8 Å². The maximum atomic E-state index is 13.1. The number of hydrogen-bond acceptors (Lipinski definition) is 2. The summed E-state index contributed by atoms with van der Waals surface area (Å²) in [5, 5.41) is 0. The van der Waals surface area contributed by atoms with Gasteiger partial charge in [0.2, 0.25) is 5.91 Å². The minimum absolute atomic E-state index is 0. The number of rotatable bonds is 4. The lowest BCUT2D eigenvalue weighted by Crippen LogP contribution is -2.39. The Kier molecular flexibility index (Phi) is 7.05. The molecule has 25 heavy (non-hydrogen) atoms. The highest BCUT2D eigenvalue weighted by atomic mass is 79.9. The summed E-state index contributed by atoms with van der Waals surface area (Å²) in [5.41, 5.74) is 8.56. The monoisotopic (exact) mass is 422 g/mol. The summed E-state index contributed by atoms with van der Waals surface area (Å²) in [6.45, 7) is 2.75. The third-order valence-corrected chi connectivity index (χ3v) is 5.38. The van der Waals surface area contributed by atoms with Gasteiger partial charge in [-0.3, -0.25) is 4.79 Å². The molecule has 0 bridgehead atoms. The fourth-order valence-corrected chi connectivity index (χ4v) is 3.89. The number of halogens is 2. The van der Waals surface area contributed by atoms with Crippen LogP contribution in [-0.4, -0.2) is 17.4 Å². The van der Waals surface area contributed by atoms with Crippen molar-refractivity contribution in [3.05, 3.63) is 70.2 Å². The first-order valence-corrected chi connectivity index (χ1v) is 9.23. The number of nitrogens with zero attached hydrogens (tertiary/aromatic N) is 1. The Morgan fingerprint density at radius 3 is 2.60 bits per heavy atom. The van der Waals surface area contributed by atoms with Crippen LogP contribution in [0.1, 0.15) is 43.0 Å². The maximum absolute atomic E-state index is 13.1. The molecule has 5 heteroatoms. The molecule has 1 amide bonds. The highest BCUT2D eigenvalue weighted by molar-refractivity contribution is 9.10. The van der Waals surface area contributed by atoms with Gasteiger partial charge in [-0.25, -0.2) is 0 Å². The van der Waals surface area contributed by atoms with Crippen LogP contribution in [0.4, 0.5) is 0 Å². The number of likely N-dealkylation sites (tertiary alicyclic amines) is 1. The van der Waals surface area contributed by atoms with Crippen LogP contribution < -0.4 is 5.73 Å². The molecule has 0 aliphatic carbocycles. The zero-order valence-corrected chi connectivity index (χ0v) is 16.7. The Hall–Kier alpha value is -1.36. The largest absolute Gasteiger partial charge is 0.335 e. The molecular formula is C20H24BrClN2O. The van der Waals surface area contributed by atoms with Gasteiger partial charge in [-0.2, -0.15) is 0 Å². The molecule has 3 unspecified atom stereocenters. The lowest BCUT2D eigenvalue weighted by molar-refractivity contribution is -0.136. The minimum Gasteiger partial charge on any atom is -0.335 e. The molecule has 2 aromatic rings. The van der Waals surface area contributed by atoms with Crippen molar-refractivity contribution in [2.24, 2.45) is 11.7 Å². The molecular weight excluding hydrogens is 400 g/mol.